The Hall–Kier alpha value is -1.09. The van der Waals surface area contributed by atoms with E-state index in [9.17, 15) is 0 Å². The highest BCUT2D eigenvalue weighted by Gasteiger charge is 2.17. The summed E-state index contributed by atoms with van der Waals surface area (Å²) in [4.78, 5) is 7.30. The molecule has 1 N–H and O–H groups in total. The zero-order valence-corrected chi connectivity index (χ0v) is 13.3. The van der Waals surface area contributed by atoms with E-state index in [2.05, 4.69) is 43.1 Å². The lowest BCUT2D eigenvalue weighted by atomic mass is 9.98. The average molecular weight is 275 g/mol. The highest BCUT2D eigenvalue weighted by molar-refractivity contribution is 5.41. The van der Waals surface area contributed by atoms with Gasteiger partial charge in [-0.2, -0.15) is 0 Å². The number of nitrogens with one attached hydrogen (secondary N) is 1. The SMILES string of the molecule is CCNCc1ccc(N2CCCC(CC)CC2)nc1C. The summed E-state index contributed by atoms with van der Waals surface area (Å²) in [5, 5.41) is 3.37. The van der Waals surface area contributed by atoms with Gasteiger partial charge in [0.2, 0.25) is 0 Å². The van der Waals surface area contributed by atoms with E-state index in [0.29, 0.717) is 0 Å². The van der Waals surface area contributed by atoms with Crippen molar-refractivity contribution >= 4 is 5.82 Å². The maximum absolute atomic E-state index is 4.83. The Morgan fingerprint density at radius 1 is 1.25 bits per heavy atom. The van der Waals surface area contributed by atoms with Crippen molar-refractivity contribution in [3.63, 3.8) is 0 Å². The molecule has 3 nitrogen and oxygen atoms in total. The second-order valence-corrected chi connectivity index (χ2v) is 5.89. The molecule has 2 rings (SSSR count). The maximum atomic E-state index is 4.83. The predicted octanol–water partition coefficient (Wildman–Crippen LogP) is 3.52. The van der Waals surface area contributed by atoms with Crippen LogP contribution in [0.1, 0.15) is 50.8 Å². The molecule has 0 aliphatic carbocycles. The number of rotatable bonds is 5. The summed E-state index contributed by atoms with van der Waals surface area (Å²) >= 11 is 0. The molecular weight excluding hydrogens is 246 g/mol. The van der Waals surface area contributed by atoms with Gasteiger partial charge in [0.15, 0.2) is 0 Å². The monoisotopic (exact) mass is 275 g/mol. The van der Waals surface area contributed by atoms with E-state index < -0.39 is 0 Å². The van der Waals surface area contributed by atoms with Crippen molar-refractivity contribution in [2.24, 2.45) is 5.92 Å². The van der Waals surface area contributed by atoms with E-state index in [0.717, 1.165) is 32.1 Å². The number of aromatic nitrogens is 1. The van der Waals surface area contributed by atoms with Crippen molar-refractivity contribution in [1.82, 2.24) is 10.3 Å². The molecule has 0 aromatic carbocycles. The standard InChI is InChI=1S/C17H29N3/c1-4-15-7-6-11-20(12-10-15)17-9-8-16(13-18-5-2)14(3)19-17/h8-9,15,18H,4-7,10-13H2,1-3H3. The molecule has 1 unspecified atom stereocenters. The highest BCUT2D eigenvalue weighted by atomic mass is 15.2. The largest absolute Gasteiger partial charge is 0.357 e. The number of nitrogens with zero attached hydrogens (tertiary/aromatic N) is 2. The lowest BCUT2D eigenvalue weighted by Crippen LogP contribution is -2.25. The van der Waals surface area contributed by atoms with E-state index in [-0.39, 0.29) is 0 Å². The summed E-state index contributed by atoms with van der Waals surface area (Å²) in [6, 6.07) is 4.44. The quantitative estimate of drug-likeness (QED) is 0.891. The molecule has 1 aliphatic rings. The van der Waals surface area contributed by atoms with Gasteiger partial charge in [0.25, 0.3) is 0 Å². The second kappa shape index (κ2) is 7.63. The maximum Gasteiger partial charge on any atom is 0.128 e. The molecule has 3 heteroatoms. The average Bonchev–Trinajstić information content (AvgIpc) is 2.71. The second-order valence-electron chi connectivity index (χ2n) is 5.89. The molecule has 0 amide bonds. The zero-order valence-electron chi connectivity index (χ0n) is 13.3. The first-order chi connectivity index (χ1) is 9.74. The molecule has 2 heterocycles. The summed E-state index contributed by atoms with van der Waals surface area (Å²) in [6.07, 6.45) is 5.32. The molecule has 1 aromatic rings. The summed E-state index contributed by atoms with van der Waals surface area (Å²) in [6.45, 7) is 10.8. The molecule has 0 spiro atoms. The third-order valence-corrected chi connectivity index (χ3v) is 4.50. The number of anilines is 1. The van der Waals surface area contributed by atoms with Crippen molar-refractivity contribution in [2.75, 3.05) is 24.5 Å². The third-order valence-electron chi connectivity index (χ3n) is 4.50. The Kier molecular flexibility index (Phi) is 5.84. The van der Waals surface area contributed by atoms with E-state index in [1.807, 2.05) is 0 Å². The van der Waals surface area contributed by atoms with Gasteiger partial charge in [-0.25, -0.2) is 4.98 Å². The first kappa shape index (κ1) is 15.3. The van der Waals surface area contributed by atoms with Crippen LogP contribution in [0.15, 0.2) is 12.1 Å². The van der Waals surface area contributed by atoms with Crippen LogP contribution in [0.2, 0.25) is 0 Å². The van der Waals surface area contributed by atoms with Crippen molar-refractivity contribution < 1.29 is 0 Å². The topological polar surface area (TPSA) is 28.2 Å². The van der Waals surface area contributed by atoms with E-state index in [1.54, 1.807) is 0 Å². The molecule has 1 fully saturated rings. The molecule has 112 valence electrons. The van der Waals surface area contributed by atoms with Gasteiger partial charge in [-0.1, -0.05) is 26.3 Å². The van der Waals surface area contributed by atoms with Gasteiger partial charge >= 0.3 is 0 Å². The zero-order chi connectivity index (χ0) is 14.4. The normalized spacial score (nSPS) is 19.9. The van der Waals surface area contributed by atoms with Crippen LogP contribution in [-0.2, 0) is 6.54 Å². The van der Waals surface area contributed by atoms with Gasteiger partial charge in [0.1, 0.15) is 5.82 Å². The molecule has 20 heavy (non-hydrogen) atoms. The van der Waals surface area contributed by atoms with Gasteiger partial charge in [0.05, 0.1) is 0 Å². The molecule has 1 aliphatic heterocycles. The Balaban J connectivity index is 2.03. The van der Waals surface area contributed by atoms with Gasteiger partial charge in [-0.05, 0) is 50.3 Å². The molecule has 0 saturated carbocycles. The van der Waals surface area contributed by atoms with E-state index >= 15 is 0 Å². The predicted molar refractivity (Wildman–Crippen MR) is 86.2 cm³/mol. The summed E-state index contributed by atoms with van der Waals surface area (Å²) < 4.78 is 0. The smallest absolute Gasteiger partial charge is 0.128 e. The molecule has 1 saturated heterocycles. The first-order valence-electron chi connectivity index (χ1n) is 8.16. The van der Waals surface area contributed by atoms with Gasteiger partial charge < -0.3 is 10.2 Å². The third kappa shape index (κ3) is 3.95. The van der Waals surface area contributed by atoms with Crippen LogP contribution < -0.4 is 10.2 Å². The van der Waals surface area contributed by atoms with Gasteiger partial charge in [0, 0.05) is 25.3 Å². The highest BCUT2D eigenvalue weighted by Crippen LogP contribution is 2.24. The fraction of sp³-hybridized carbons (Fsp3) is 0.706. The Morgan fingerprint density at radius 3 is 2.80 bits per heavy atom. The minimum atomic E-state index is 0.911. The first-order valence-corrected chi connectivity index (χ1v) is 8.16. The summed E-state index contributed by atoms with van der Waals surface area (Å²) in [7, 11) is 0. The fourth-order valence-electron chi connectivity index (χ4n) is 3.00. The van der Waals surface area contributed by atoms with Crippen LogP contribution in [0.5, 0.6) is 0 Å². The number of aryl methyl sites for hydroxylation is 1. The van der Waals surface area contributed by atoms with Crippen molar-refractivity contribution in [1.29, 1.82) is 0 Å². The Morgan fingerprint density at radius 2 is 2.10 bits per heavy atom. The van der Waals surface area contributed by atoms with E-state index in [4.69, 9.17) is 4.98 Å². The van der Waals surface area contributed by atoms with Crippen LogP contribution in [0, 0.1) is 12.8 Å². The molecule has 0 radical (unpaired) electrons. The lowest BCUT2D eigenvalue weighted by molar-refractivity contribution is 0.459. The number of pyridine rings is 1. The van der Waals surface area contributed by atoms with Crippen LogP contribution in [0.3, 0.4) is 0 Å². The lowest BCUT2D eigenvalue weighted by Gasteiger charge is -2.22. The summed E-state index contributed by atoms with van der Waals surface area (Å²) in [5.74, 6) is 2.08. The molecule has 1 aromatic heterocycles. The van der Waals surface area contributed by atoms with Crippen molar-refractivity contribution in [2.45, 2.75) is 53.0 Å². The number of hydrogen-bond donors (Lipinski definition) is 1. The molecule has 1 atom stereocenters. The minimum Gasteiger partial charge on any atom is -0.357 e. The van der Waals surface area contributed by atoms with Crippen molar-refractivity contribution in [3.05, 3.63) is 23.4 Å². The Bertz CT molecular complexity index is 417. The number of hydrogen-bond acceptors (Lipinski definition) is 3. The van der Waals surface area contributed by atoms with E-state index in [1.165, 1.54) is 42.8 Å². The molecular formula is C17H29N3. The summed E-state index contributed by atoms with van der Waals surface area (Å²) in [5.41, 5.74) is 2.48. The van der Waals surface area contributed by atoms with Crippen LogP contribution in [0.25, 0.3) is 0 Å². The Labute approximate surface area is 123 Å². The van der Waals surface area contributed by atoms with Crippen molar-refractivity contribution in [3.8, 4) is 0 Å². The fourth-order valence-corrected chi connectivity index (χ4v) is 3.00. The van der Waals surface area contributed by atoms with Gasteiger partial charge in [-0.15, -0.1) is 0 Å². The van der Waals surface area contributed by atoms with Crippen LogP contribution in [0.4, 0.5) is 5.82 Å². The van der Waals surface area contributed by atoms with Gasteiger partial charge in [-0.3, -0.25) is 0 Å². The molecule has 0 bridgehead atoms. The van der Waals surface area contributed by atoms with Crippen LogP contribution >= 0.6 is 0 Å². The minimum absolute atomic E-state index is 0.911. The van der Waals surface area contributed by atoms with Crippen LogP contribution in [-0.4, -0.2) is 24.6 Å².